The molecule has 0 spiro atoms. The van der Waals surface area contributed by atoms with Crippen LogP contribution in [0.3, 0.4) is 0 Å². The molecule has 14 heteroatoms. The number of unbranched alkanes of at least 4 members (excludes halogenated alkanes) is 2. The lowest BCUT2D eigenvalue weighted by Crippen LogP contribution is -2.70. The summed E-state index contributed by atoms with van der Waals surface area (Å²) >= 11 is 0. The Morgan fingerprint density at radius 2 is 1.76 bits per heavy atom. The highest BCUT2D eigenvalue weighted by atomic mass is 32.2. The number of aliphatic hydroxyl groups is 2. The van der Waals surface area contributed by atoms with Crippen molar-refractivity contribution < 1.29 is 47.2 Å². The second-order valence-electron chi connectivity index (χ2n) is 16.0. The highest BCUT2D eigenvalue weighted by molar-refractivity contribution is 7.89. The highest BCUT2D eigenvalue weighted by Gasteiger charge is 2.66. The average Bonchev–Trinajstić information content (AvgIpc) is 3.29. The van der Waals surface area contributed by atoms with E-state index in [9.17, 15) is 15.0 Å². The number of para-hydroxylation sites is 1. The topological polar surface area (TPSA) is 166 Å². The number of carbonyl (C=O) groups is 1. The quantitative estimate of drug-likeness (QED) is 0.0359. The van der Waals surface area contributed by atoms with E-state index < -0.39 is 27.8 Å². The number of aldehydes is 1. The van der Waals surface area contributed by atoms with Gasteiger partial charge in [0, 0.05) is 49.2 Å². The van der Waals surface area contributed by atoms with E-state index in [1.54, 1.807) is 54.7 Å². The first kappa shape index (κ1) is 44.9. The van der Waals surface area contributed by atoms with Crippen molar-refractivity contribution in [3.8, 4) is 23.0 Å². The van der Waals surface area contributed by atoms with Gasteiger partial charge in [-0.3, -0.25) is 9.78 Å². The van der Waals surface area contributed by atoms with Crippen LogP contribution in [-0.4, -0.2) is 92.3 Å². The Morgan fingerprint density at radius 3 is 2.48 bits per heavy atom. The number of sulfonamides is 1. The number of allylic oxidation sites excluding steroid dienone is 1. The normalized spacial score (nSPS) is 23.5. The van der Waals surface area contributed by atoms with Crippen LogP contribution >= 0.6 is 0 Å². The molecule has 4 aromatic rings. The number of nitrogens with zero attached hydrogens (tertiary/aromatic N) is 3. The number of carbonyl (C=O) groups excluding carboxylic acids is 1. The number of fused-ring (bicyclic) bond motifs is 3. The second-order valence-corrected chi connectivity index (χ2v) is 17.9. The lowest BCUT2D eigenvalue weighted by molar-refractivity contribution is -0.251. The Bertz CT molecular complexity index is 2400. The van der Waals surface area contributed by atoms with E-state index in [0.29, 0.717) is 64.4 Å². The molecule has 62 heavy (non-hydrogen) atoms. The van der Waals surface area contributed by atoms with Crippen molar-refractivity contribution >= 4 is 32.9 Å². The predicted molar refractivity (Wildman–Crippen MR) is 236 cm³/mol. The Hall–Kier alpha value is -5.12. The summed E-state index contributed by atoms with van der Waals surface area (Å²) in [6.45, 7) is 6.26. The van der Waals surface area contributed by atoms with E-state index in [2.05, 4.69) is 22.8 Å². The molecule has 1 saturated carbocycles. The van der Waals surface area contributed by atoms with Crippen LogP contribution < -0.4 is 14.2 Å². The summed E-state index contributed by atoms with van der Waals surface area (Å²) in [4.78, 5) is 22.1. The zero-order valence-corrected chi connectivity index (χ0v) is 36.5. The standard InChI is InChI=1S/C48H57N3O10S/c1-5-23-51(62(55,56)43-17-11-14-32-15-12-22-49-47(32)43)44-30-40(50-58-4)38-28-33(13-7-9-24-52)37(16-8-10-25-53)45-39-29-36(60-35-18-20-41(57-3)34(27-35)31-54)19-21-42(39)61-48(44,46(38)45)59-26-6-2/h6,11-12,14-15,17-22,27-29,31,33,37,44-46,52-53H,2,5,7-10,13,16,23-26,30H2,1,3-4H3/t33-,37+,44-,45+,46+,48+/m0/s1. The van der Waals surface area contributed by atoms with Gasteiger partial charge in [0.25, 0.3) is 0 Å². The summed E-state index contributed by atoms with van der Waals surface area (Å²) in [5, 5.41) is 25.2. The largest absolute Gasteiger partial charge is 0.496 e. The van der Waals surface area contributed by atoms with Crippen LogP contribution in [0.1, 0.15) is 80.1 Å². The number of hydrogen-bond acceptors (Lipinski definition) is 12. The van der Waals surface area contributed by atoms with Gasteiger partial charge < -0.3 is 34.0 Å². The third kappa shape index (κ3) is 8.63. The molecule has 3 aliphatic rings. The summed E-state index contributed by atoms with van der Waals surface area (Å²) in [6.07, 6.45) is 11.1. The number of aromatic nitrogens is 1. The number of rotatable bonds is 21. The van der Waals surface area contributed by atoms with Crippen LogP contribution in [-0.2, 0) is 19.6 Å². The molecule has 0 bridgehead atoms. The van der Waals surface area contributed by atoms with Gasteiger partial charge in [-0.05, 0) is 98.0 Å². The van der Waals surface area contributed by atoms with Gasteiger partial charge in [0.05, 0.1) is 42.5 Å². The molecule has 7 rings (SSSR count). The maximum absolute atomic E-state index is 15.4. The number of benzene rings is 3. The molecule has 6 atom stereocenters. The minimum atomic E-state index is -4.29. The molecule has 0 radical (unpaired) electrons. The molecule has 1 aromatic heterocycles. The zero-order chi connectivity index (χ0) is 43.9. The van der Waals surface area contributed by atoms with Crippen molar-refractivity contribution in [3.63, 3.8) is 0 Å². The van der Waals surface area contributed by atoms with E-state index in [1.165, 1.54) is 18.5 Å². The smallest absolute Gasteiger partial charge is 0.245 e. The number of ether oxygens (including phenoxy) is 4. The van der Waals surface area contributed by atoms with Crippen LogP contribution in [0.15, 0.2) is 107 Å². The van der Waals surface area contributed by atoms with E-state index in [4.69, 9.17) is 23.8 Å². The van der Waals surface area contributed by atoms with Gasteiger partial charge in [-0.25, -0.2) is 8.42 Å². The molecule has 330 valence electrons. The Balaban J connectivity index is 1.47. The molecular formula is C48H57N3O10S. The molecule has 1 aliphatic heterocycles. The van der Waals surface area contributed by atoms with Crippen molar-refractivity contribution in [2.75, 3.05) is 40.6 Å². The summed E-state index contributed by atoms with van der Waals surface area (Å²) < 4.78 is 58.5. The van der Waals surface area contributed by atoms with E-state index in [-0.39, 0.29) is 55.4 Å². The number of pyridine rings is 1. The SMILES string of the molecule is C=CCO[C@@]12Oc3ccc(Oc4ccc(OC)c(C=O)c4)cc3[C@H]3[C@H](CCCCO)[C@@H](CCCCO)C=C(C(=NOC)C[C@@H]1N(CCC)S(=O)(=O)c1cccc4cccnc14)[C@H]32. The van der Waals surface area contributed by atoms with Crippen LogP contribution in [0.4, 0.5) is 0 Å². The summed E-state index contributed by atoms with van der Waals surface area (Å²) in [5.41, 5.74) is 3.01. The average molecular weight is 868 g/mol. The fourth-order valence-electron chi connectivity index (χ4n) is 9.88. The first-order chi connectivity index (χ1) is 30.2. The highest BCUT2D eigenvalue weighted by Crippen LogP contribution is 2.62. The number of hydrogen-bond donors (Lipinski definition) is 2. The second kappa shape index (κ2) is 19.9. The van der Waals surface area contributed by atoms with Gasteiger partial charge >= 0.3 is 0 Å². The molecule has 1 fully saturated rings. The Kier molecular flexibility index (Phi) is 14.4. The Labute approximate surface area is 364 Å². The van der Waals surface area contributed by atoms with Crippen molar-refractivity contribution in [1.82, 2.24) is 9.29 Å². The first-order valence-corrected chi connectivity index (χ1v) is 22.9. The van der Waals surface area contributed by atoms with Gasteiger partial charge in [0.2, 0.25) is 15.8 Å². The molecule has 0 unspecified atom stereocenters. The van der Waals surface area contributed by atoms with Gasteiger partial charge in [-0.1, -0.05) is 55.3 Å². The third-order valence-corrected chi connectivity index (χ3v) is 14.3. The lowest BCUT2D eigenvalue weighted by Gasteiger charge is -2.59. The molecule has 0 amide bonds. The van der Waals surface area contributed by atoms with Gasteiger partial charge in [-0.2, -0.15) is 4.31 Å². The van der Waals surface area contributed by atoms with Crippen LogP contribution in [0, 0.1) is 17.8 Å². The zero-order valence-electron chi connectivity index (χ0n) is 35.6. The fourth-order valence-corrected chi connectivity index (χ4v) is 11.8. The van der Waals surface area contributed by atoms with Gasteiger partial charge in [-0.15, -0.1) is 6.58 Å². The molecule has 2 N–H and O–H groups in total. The van der Waals surface area contributed by atoms with Crippen molar-refractivity contribution in [1.29, 1.82) is 0 Å². The molecule has 3 aromatic carbocycles. The van der Waals surface area contributed by atoms with E-state index in [1.807, 2.05) is 31.2 Å². The molecular weight excluding hydrogens is 811 g/mol. The van der Waals surface area contributed by atoms with Crippen LogP contribution in [0.5, 0.6) is 23.0 Å². The fraction of sp³-hybridized carbons (Fsp3) is 0.438. The molecule has 2 aliphatic carbocycles. The van der Waals surface area contributed by atoms with Crippen LogP contribution in [0.25, 0.3) is 10.9 Å². The molecule has 2 heterocycles. The summed E-state index contributed by atoms with van der Waals surface area (Å²) in [5.74, 6) is -0.659. The minimum Gasteiger partial charge on any atom is -0.496 e. The third-order valence-electron chi connectivity index (χ3n) is 12.4. The summed E-state index contributed by atoms with van der Waals surface area (Å²) in [6, 6.07) is 18.5. The van der Waals surface area contributed by atoms with Gasteiger partial charge in [0.1, 0.15) is 35.0 Å². The lowest BCUT2D eigenvalue weighted by atomic mass is 9.55. The molecule has 13 nitrogen and oxygen atoms in total. The monoisotopic (exact) mass is 867 g/mol. The number of methoxy groups -OCH3 is 1. The molecule has 0 saturated heterocycles. The Morgan fingerprint density at radius 1 is 1.00 bits per heavy atom. The van der Waals surface area contributed by atoms with Crippen molar-refractivity contribution in [2.45, 2.75) is 80.9 Å². The van der Waals surface area contributed by atoms with Crippen molar-refractivity contribution in [3.05, 3.63) is 108 Å². The summed E-state index contributed by atoms with van der Waals surface area (Å²) in [7, 11) is -1.30. The van der Waals surface area contributed by atoms with Crippen LogP contribution in [0.2, 0.25) is 0 Å². The number of oxime groups is 1. The maximum atomic E-state index is 15.4. The van der Waals surface area contributed by atoms with Gasteiger partial charge in [0.15, 0.2) is 6.29 Å². The number of aliphatic hydroxyl groups excluding tert-OH is 2. The maximum Gasteiger partial charge on any atom is 0.245 e. The van der Waals surface area contributed by atoms with E-state index in [0.717, 1.165) is 43.1 Å². The minimum absolute atomic E-state index is 0.0108. The van der Waals surface area contributed by atoms with Crippen molar-refractivity contribution in [2.24, 2.45) is 22.9 Å². The van der Waals surface area contributed by atoms with E-state index >= 15 is 8.42 Å². The first-order valence-electron chi connectivity index (χ1n) is 21.5. The predicted octanol–water partition coefficient (Wildman–Crippen LogP) is 8.21.